The monoisotopic (exact) mass is 297 g/mol. The van der Waals surface area contributed by atoms with Crippen molar-refractivity contribution in [2.75, 3.05) is 11.9 Å². The topological polar surface area (TPSA) is 37.8 Å². The molecule has 0 amide bonds. The number of nitrogens with zero attached hydrogens (tertiary/aromatic N) is 2. The van der Waals surface area contributed by atoms with Gasteiger partial charge in [0.1, 0.15) is 16.8 Å². The fourth-order valence-electron chi connectivity index (χ4n) is 2.31. The van der Waals surface area contributed by atoms with Crippen molar-refractivity contribution in [2.45, 2.75) is 53.9 Å². The molecule has 114 valence electrons. The van der Waals surface area contributed by atoms with Crippen molar-refractivity contribution in [2.24, 2.45) is 17.8 Å². The Balaban J connectivity index is 2.85. The van der Waals surface area contributed by atoms with E-state index in [1.54, 1.807) is 6.07 Å². The molecule has 1 aromatic heterocycles. The summed E-state index contributed by atoms with van der Waals surface area (Å²) in [5, 5.41) is 3.92. The molecule has 0 aliphatic rings. The van der Waals surface area contributed by atoms with Crippen LogP contribution >= 0.6 is 11.6 Å². The Kier molecular flexibility index (Phi) is 5.81. The molecule has 20 heavy (non-hydrogen) atoms. The first-order valence-electron chi connectivity index (χ1n) is 7.40. The average Bonchev–Trinajstić information content (AvgIpc) is 2.26. The van der Waals surface area contributed by atoms with E-state index in [4.69, 9.17) is 11.6 Å². The molecule has 0 unspecified atom stereocenters. The van der Waals surface area contributed by atoms with Crippen molar-refractivity contribution in [3.8, 4) is 0 Å². The standard InChI is InChI=1S/C16H28ClN3/c1-10(2)12(11(3)4)9-18-14-8-13(17)19-15(20-14)16(5,6)7/h8,10-12H,9H2,1-7H3,(H,18,19,20). The maximum Gasteiger partial charge on any atom is 0.137 e. The molecule has 3 nitrogen and oxygen atoms in total. The maximum absolute atomic E-state index is 6.11. The molecular formula is C16H28ClN3. The smallest absolute Gasteiger partial charge is 0.137 e. The Morgan fingerprint density at radius 3 is 2.10 bits per heavy atom. The van der Waals surface area contributed by atoms with Crippen LogP contribution in [0.25, 0.3) is 0 Å². The third kappa shape index (κ3) is 4.93. The summed E-state index contributed by atoms with van der Waals surface area (Å²) in [4.78, 5) is 8.91. The molecule has 0 bridgehead atoms. The summed E-state index contributed by atoms with van der Waals surface area (Å²) in [6, 6.07) is 1.80. The van der Waals surface area contributed by atoms with Gasteiger partial charge >= 0.3 is 0 Å². The van der Waals surface area contributed by atoms with Crippen molar-refractivity contribution in [3.63, 3.8) is 0 Å². The lowest BCUT2D eigenvalue weighted by atomic mass is 9.85. The molecule has 0 saturated heterocycles. The predicted octanol–water partition coefficient (Wildman–Crippen LogP) is 4.77. The minimum atomic E-state index is -0.100. The van der Waals surface area contributed by atoms with E-state index < -0.39 is 0 Å². The molecule has 0 fully saturated rings. The van der Waals surface area contributed by atoms with Crippen molar-refractivity contribution in [1.29, 1.82) is 0 Å². The van der Waals surface area contributed by atoms with Crippen LogP contribution in [0, 0.1) is 17.8 Å². The molecule has 1 rings (SSSR count). The van der Waals surface area contributed by atoms with Crippen molar-refractivity contribution in [1.82, 2.24) is 9.97 Å². The molecule has 0 atom stereocenters. The Morgan fingerprint density at radius 2 is 1.65 bits per heavy atom. The Labute approximate surface area is 128 Å². The van der Waals surface area contributed by atoms with Crippen LogP contribution in [0.15, 0.2) is 6.07 Å². The van der Waals surface area contributed by atoms with Gasteiger partial charge in [-0.05, 0) is 17.8 Å². The van der Waals surface area contributed by atoms with Gasteiger partial charge in [0.05, 0.1) is 0 Å². The maximum atomic E-state index is 6.11. The number of hydrogen-bond donors (Lipinski definition) is 1. The van der Waals surface area contributed by atoms with Gasteiger partial charge in [-0.3, -0.25) is 0 Å². The van der Waals surface area contributed by atoms with Crippen molar-refractivity contribution >= 4 is 17.4 Å². The lowest BCUT2D eigenvalue weighted by Crippen LogP contribution is -2.25. The molecule has 0 aliphatic carbocycles. The van der Waals surface area contributed by atoms with Crippen molar-refractivity contribution in [3.05, 3.63) is 17.0 Å². The van der Waals surface area contributed by atoms with Crippen LogP contribution in [0.2, 0.25) is 5.15 Å². The SMILES string of the molecule is CC(C)C(CNc1cc(Cl)nc(C(C)(C)C)n1)C(C)C. The quantitative estimate of drug-likeness (QED) is 0.796. The predicted molar refractivity (Wildman–Crippen MR) is 87.4 cm³/mol. The molecule has 0 radical (unpaired) electrons. The number of rotatable bonds is 5. The lowest BCUT2D eigenvalue weighted by Gasteiger charge is -2.25. The van der Waals surface area contributed by atoms with Gasteiger partial charge in [0.25, 0.3) is 0 Å². The van der Waals surface area contributed by atoms with Gasteiger partial charge in [0, 0.05) is 18.0 Å². The summed E-state index contributed by atoms with van der Waals surface area (Å²) < 4.78 is 0. The summed E-state index contributed by atoms with van der Waals surface area (Å²) in [7, 11) is 0. The normalized spacial score (nSPS) is 12.6. The number of anilines is 1. The van der Waals surface area contributed by atoms with Gasteiger partial charge in [-0.15, -0.1) is 0 Å². The molecule has 0 spiro atoms. The Bertz CT molecular complexity index is 428. The van der Waals surface area contributed by atoms with Crippen molar-refractivity contribution < 1.29 is 0 Å². The van der Waals surface area contributed by atoms with Gasteiger partial charge in [0.15, 0.2) is 0 Å². The van der Waals surface area contributed by atoms with E-state index in [-0.39, 0.29) is 5.41 Å². The molecule has 4 heteroatoms. The second kappa shape index (κ2) is 6.75. The van der Waals surface area contributed by atoms with Crippen LogP contribution in [-0.4, -0.2) is 16.5 Å². The van der Waals surface area contributed by atoms with Crippen LogP contribution in [0.1, 0.15) is 54.3 Å². The summed E-state index contributed by atoms with van der Waals surface area (Å²) in [5.41, 5.74) is -0.100. The van der Waals surface area contributed by atoms with Crippen LogP contribution in [0.4, 0.5) is 5.82 Å². The minimum Gasteiger partial charge on any atom is -0.370 e. The van der Waals surface area contributed by atoms with E-state index in [0.29, 0.717) is 22.9 Å². The zero-order valence-corrected chi connectivity index (χ0v) is 14.5. The van der Waals surface area contributed by atoms with Crippen LogP contribution < -0.4 is 5.32 Å². The summed E-state index contributed by atoms with van der Waals surface area (Å²) >= 11 is 6.11. The summed E-state index contributed by atoms with van der Waals surface area (Å²) in [6.07, 6.45) is 0. The van der Waals surface area contributed by atoms with Gasteiger partial charge in [-0.1, -0.05) is 60.1 Å². The fraction of sp³-hybridized carbons (Fsp3) is 0.750. The van der Waals surface area contributed by atoms with E-state index in [9.17, 15) is 0 Å². The fourth-order valence-corrected chi connectivity index (χ4v) is 2.49. The van der Waals surface area contributed by atoms with Gasteiger partial charge in [-0.25, -0.2) is 9.97 Å². The molecule has 0 saturated carbocycles. The van der Waals surface area contributed by atoms with Crippen LogP contribution in [0.5, 0.6) is 0 Å². The number of aromatic nitrogens is 2. The molecule has 1 heterocycles. The highest BCUT2D eigenvalue weighted by Crippen LogP contribution is 2.24. The number of nitrogens with one attached hydrogen (secondary N) is 1. The van der Waals surface area contributed by atoms with E-state index in [2.05, 4.69) is 63.8 Å². The molecule has 1 N–H and O–H groups in total. The summed E-state index contributed by atoms with van der Waals surface area (Å²) in [6.45, 7) is 16.2. The van der Waals surface area contributed by atoms with Crippen LogP contribution in [0.3, 0.4) is 0 Å². The van der Waals surface area contributed by atoms with Gasteiger partial charge in [-0.2, -0.15) is 0 Å². The summed E-state index contributed by atoms with van der Waals surface area (Å²) in [5.74, 6) is 3.49. The van der Waals surface area contributed by atoms with E-state index in [1.165, 1.54) is 0 Å². The largest absolute Gasteiger partial charge is 0.370 e. The number of hydrogen-bond acceptors (Lipinski definition) is 3. The van der Waals surface area contributed by atoms with E-state index in [1.807, 2.05) is 0 Å². The molecular weight excluding hydrogens is 270 g/mol. The third-order valence-corrected chi connectivity index (χ3v) is 3.79. The minimum absolute atomic E-state index is 0.100. The molecule has 0 aromatic carbocycles. The van der Waals surface area contributed by atoms with Gasteiger partial charge in [0.2, 0.25) is 0 Å². The third-order valence-electron chi connectivity index (χ3n) is 3.60. The number of halogens is 1. The molecule has 1 aromatic rings. The van der Waals surface area contributed by atoms with E-state index >= 15 is 0 Å². The molecule has 0 aliphatic heterocycles. The first-order chi connectivity index (χ1) is 9.11. The first kappa shape index (κ1) is 17.2. The average molecular weight is 298 g/mol. The highest BCUT2D eigenvalue weighted by Gasteiger charge is 2.20. The first-order valence-corrected chi connectivity index (χ1v) is 7.78. The van der Waals surface area contributed by atoms with Gasteiger partial charge < -0.3 is 5.32 Å². The highest BCUT2D eigenvalue weighted by molar-refractivity contribution is 6.29. The lowest BCUT2D eigenvalue weighted by molar-refractivity contribution is 0.304. The zero-order chi connectivity index (χ0) is 15.5. The Morgan fingerprint density at radius 1 is 1.10 bits per heavy atom. The Hall–Kier alpha value is -0.830. The second-order valence-corrected chi connectivity index (χ2v) is 7.57. The highest BCUT2D eigenvalue weighted by atomic mass is 35.5. The van der Waals surface area contributed by atoms with E-state index in [0.717, 1.165) is 18.2 Å². The second-order valence-electron chi connectivity index (χ2n) is 7.18. The van der Waals surface area contributed by atoms with Crippen LogP contribution in [-0.2, 0) is 5.41 Å². The zero-order valence-electron chi connectivity index (χ0n) is 13.8.